The molecule has 2 amide bonds. The first-order chi connectivity index (χ1) is 38.9. The number of rotatable bonds is 21. The Hall–Kier alpha value is -7.00. The molecule has 2 fully saturated rings. The third-order valence-corrected chi connectivity index (χ3v) is 12.3. The van der Waals surface area contributed by atoms with Crippen molar-refractivity contribution in [2.24, 2.45) is 0 Å². The van der Waals surface area contributed by atoms with E-state index in [1.54, 1.807) is 36.4 Å². The number of nitrogens with one attached hydrogen (secondary N) is 1. The van der Waals surface area contributed by atoms with Crippen LogP contribution in [0.2, 0.25) is 0 Å². The second-order valence-corrected chi connectivity index (χ2v) is 21.4. The Kier molecular flexibility index (Phi) is 24.8. The molecule has 2 saturated heterocycles. The first-order valence-corrected chi connectivity index (χ1v) is 27.9. The number of alkyl halides is 1. The number of halogens is 1. The Bertz CT molecular complexity index is 2860. The van der Waals surface area contributed by atoms with Gasteiger partial charge in [0.1, 0.15) is 22.7 Å². The molecule has 6 heterocycles. The molecule has 0 spiro atoms. The maximum atomic E-state index is 12.2. The number of para-hydroxylation sites is 2. The SMILES string of the molecule is CC(C)(C)OC(=O)N1CCNCC1.COCOc1ccccc1-c1cc(-c2cnn(CCOCCBr)c2)c(N)nn1.COCOc1ccccc1-c1cc(-c2cnn(CCOCCN3CCN(C(=O)OC(C)(C)C)CC3)c2)c(N)nn1. The fraction of sp³-hybridized carbons (Fsp3) is 0.500. The van der Waals surface area contributed by atoms with Gasteiger partial charge in [0.25, 0.3) is 0 Å². The summed E-state index contributed by atoms with van der Waals surface area (Å²) < 4.78 is 47.0. The van der Waals surface area contributed by atoms with Crippen LogP contribution < -0.4 is 26.3 Å². The van der Waals surface area contributed by atoms with Crippen molar-refractivity contribution in [2.45, 2.75) is 65.8 Å². The zero-order valence-electron chi connectivity index (χ0n) is 47.8. The normalized spacial score (nSPS) is 13.8. The molecule has 4 aromatic heterocycles. The minimum Gasteiger partial charge on any atom is -0.467 e. The molecule has 81 heavy (non-hydrogen) atoms. The summed E-state index contributed by atoms with van der Waals surface area (Å²) in [5.41, 5.74) is 17.5. The summed E-state index contributed by atoms with van der Waals surface area (Å²) in [5, 5.41) is 29.6. The Morgan fingerprint density at radius 1 is 0.580 bits per heavy atom. The van der Waals surface area contributed by atoms with Crippen LogP contribution in [0.15, 0.2) is 85.5 Å². The predicted molar refractivity (Wildman–Crippen MR) is 312 cm³/mol. The monoisotopic (exact) mass is 1190 g/mol. The van der Waals surface area contributed by atoms with Crippen molar-refractivity contribution >= 4 is 39.8 Å². The second-order valence-electron chi connectivity index (χ2n) is 20.6. The van der Waals surface area contributed by atoms with Crippen LogP contribution in [0, 0.1) is 0 Å². The number of nitrogens with zero attached hydrogens (tertiary/aromatic N) is 11. The second kappa shape index (κ2) is 31.9. The molecule has 0 aliphatic carbocycles. The number of carbonyl (C=O) groups is 2. The van der Waals surface area contributed by atoms with Crippen molar-refractivity contribution in [1.29, 1.82) is 0 Å². The Labute approximate surface area is 482 Å². The number of hydrogen-bond acceptors (Lipinski definition) is 20. The van der Waals surface area contributed by atoms with Gasteiger partial charge in [0.15, 0.2) is 25.2 Å². The minimum absolute atomic E-state index is 0.131. The van der Waals surface area contributed by atoms with E-state index in [-0.39, 0.29) is 31.4 Å². The Balaban J connectivity index is 0.000000222. The van der Waals surface area contributed by atoms with Gasteiger partial charge < -0.3 is 64.5 Å². The molecule has 8 rings (SSSR count). The number of hydrogen-bond donors (Lipinski definition) is 3. The quantitative estimate of drug-likeness (QED) is 0.0374. The van der Waals surface area contributed by atoms with Gasteiger partial charge in [0.05, 0.1) is 63.3 Å². The van der Waals surface area contributed by atoms with Crippen LogP contribution in [-0.2, 0) is 41.5 Å². The van der Waals surface area contributed by atoms with E-state index in [4.69, 9.17) is 49.4 Å². The molecule has 2 aliphatic rings. The van der Waals surface area contributed by atoms with E-state index in [1.165, 1.54) is 0 Å². The van der Waals surface area contributed by atoms with E-state index in [0.29, 0.717) is 87.1 Å². The minimum atomic E-state index is -0.478. The molecule has 6 aromatic rings. The summed E-state index contributed by atoms with van der Waals surface area (Å²) in [4.78, 5) is 29.5. The lowest BCUT2D eigenvalue weighted by Crippen LogP contribution is -2.50. The third-order valence-electron chi connectivity index (χ3n) is 12.0. The van der Waals surface area contributed by atoms with Gasteiger partial charge in [-0.05, 0) is 77.9 Å². The Morgan fingerprint density at radius 3 is 1.46 bits per heavy atom. The maximum Gasteiger partial charge on any atom is 0.410 e. The smallest absolute Gasteiger partial charge is 0.410 e. The van der Waals surface area contributed by atoms with Crippen LogP contribution >= 0.6 is 15.9 Å². The van der Waals surface area contributed by atoms with E-state index >= 15 is 0 Å². The molecule has 440 valence electrons. The zero-order valence-corrected chi connectivity index (χ0v) is 49.4. The van der Waals surface area contributed by atoms with Crippen LogP contribution in [0.1, 0.15) is 41.5 Å². The summed E-state index contributed by atoms with van der Waals surface area (Å²) in [6, 6.07) is 18.9. The third kappa shape index (κ3) is 20.8. The van der Waals surface area contributed by atoms with Crippen LogP contribution in [0.4, 0.5) is 21.2 Å². The van der Waals surface area contributed by atoms with Crippen molar-refractivity contribution in [3.8, 4) is 56.3 Å². The van der Waals surface area contributed by atoms with E-state index in [9.17, 15) is 9.59 Å². The van der Waals surface area contributed by atoms with Gasteiger partial charge in [-0.15, -0.1) is 20.4 Å². The molecule has 2 aromatic carbocycles. The largest absolute Gasteiger partial charge is 0.467 e. The van der Waals surface area contributed by atoms with Gasteiger partial charge >= 0.3 is 12.2 Å². The molecule has 0 saturated carbocycles. The van der Waals surface area contributed by atoms with Crippen LogP contribution in [0.25, 0.3) is 44.8 Å². The lowest BCUT2D eigenvalue weighted by molar-refractivity contribution is 0.0113. The fourth-order valence-corrected chi connectivity index (χ4v) is 8.28. The van der Waals surface area contributed by atoms with Crippen LogP contribution in [0.5, 0.6) is 11.5 Å². The average molecular weight is 1190 g/mol. The first kappa shape index (κ1) is 63.2. The van der Waals surface area contributed by atoms with Crippen molar-refractivity contribution in [1.82, 2.24) is 60.0 Å². The summed E-state index contributed by atoms with van der Waals surface area (Å²) in [7, 11) is 3.15. The number of nitrogen functional groups attached to an aromatic ring is 2. The molecule has 2 aliphatic heterocycles. The van der Waals surface area contributed by atoms with Crippen molar-refractivity contribution in [3.63, 3.8) is 0 Å². The van der Waals surface area contributed by atoms with Crippen molar-refractivity contribution in [3.05, 3.63) is 85.5 Å². The summed E-state index contributed by atoms with van der Waals surface area (Å²) in [6.45, 7) is 22.2. The van der Waals surface area contributed by atoms with E-state index < -0.39 is 5.60 Å². The summed E-state index contributed by atoms with van der Waals surface area (Å²) in [5.74, 6) is 1.97. The zero-order chi connectivity index (χ0) is 58.2. The van der Waals surface area contributed by atoms with Gasteiger partial charge in [0, 0.05) is 124 Å². The van der Waals surface area contributed by atoms with E-state index in [0.717, 1.165) is 84.5 Å². The lowest BCUT2D eigenvalue weighted by Gasteiger charge is -2.35. The number of anilines is 2. The highest BCUT2D eigenvalue weighted by Gasteiger charge is 2.26. The fourth-order valence-electron chi connectivity index (χ4n) is 8.05. The number of aromatic nitrogens is 8. The van der Waals surface area contributed by atoms with Crippen molar-refractivity contribution in [2.75, 3.05) is 130 Å². The standard InChI is InChI=1S/C28H39N7O5.C19H22BrN5O3.C9H18N2O2/c1-28(2,3)40-27(36)34-11-9-33(10-12-34)13-15-38-16-14-35-19-21(18-30-35)23-17-24(31-32-26(23)29)22-7-5-6-8-25(22)39-20-37-4;1-26-13-28-18-5-3-2-4-15(18)17-10-16(19(21)24-23-17)14-11-22-25(12-14)7-9-27-8-6-20;1-9(2,3)13-8(12)11-6-4-10-5-7-11/h5-8,17-19H,9-16,20H2,1-4H3,(H2,29,32);2-5,10-12H,6-9,13H2,1H3,(H2,21,24);10H,4-7H2,1-3H3. The molecule has 5 N–H and O–H groups in total. The highest BCUT2D eigenvalue weighted by Crippen LogP contribution is 2.34. The molecule has 24 nitrogen and oxygen atoms in total. The van der Waals surface area contributed by atoms with Gasteiger partial charge in [0.2, 0.25) is 0 Å². The highest BCUT2D eigenvalue weighted by molar-refractivity contribution is 9.09. The lowest BCUT2D eigenvalue weighted by atomic mass is 10.1. The molecule has 0 atom stereocenters. The number of carbonyl (C=O) groups excluding carboxylic acids is 2. The van der Waals surface area contributed by atoms with Crippen LogP contribution in [-0.4, -0.2) is 197 Å². The molecular formula is C56H79BrN14O10. The van der Waals surface area contributed by atoms with E-state index in [2.05, 4.69) is 56.7 Å². The van der Waals surface area contributed by atoms with Crippen LogP contribution in [0.3, 0.4) is 0 Å². The number of amides is 2. The number of benzene rings is 2. The molecule has 0 radical (unpaired) electrons. The van der Waals surface area contributed by atoms with Gasteiger partial charge in [-0.25, -0.2) is 9.59 Å². The molecule has 25 heteroatoms. The average Bonchev–Trinajstić information content (AvgIpc) is 4.16. The van der Waals surface area contributed by atoms with Gasteiger partial charge in [-0.2, -0.15) is 10.2 Å². The number of ether oxygens (including phenoxy) is 8. The van der Waals surface area contributed by atoms with E-state index in [1.807, 2.05) is 124 Å². The topological polar surface area (TPSA) is 269 Å². The number of methoxy groups -OCH3 is 2. The molecular weight excluding hydrogens is 1110 g/mol. The number of nitrogens with two attached hydrogens (primary N) is 2. The van der Waals surface area contributed by atoms with Crippen molar-refractivity contribution < 1.29 is 47.5 Å². The maximum absolute atomic E-state index is 12.2. The Morgan fingerprint density at radius 2 is 1.01 bits per heavy atom. The highest BCUT2D eigenvalue weighted by atomic mass is 79.9. The first-order valence-electron chi connectivity index (χ1n) is 26.8. The van der Waals surface area contributed by atoms with Gasteiger partial charge in [-0.1, -0.05) is 40.2 Å². The summed E-state index contributed by atoms with van der Waals surface area (Å²) in [6.07, 6.45) is 6.91. The number of piperazine rings is 2. The predicted octanol–water partition coefficient (Wildman–Crippen LogP) is 6.95. The van der Waals surface area contributed by atoms with Gasteiger partial charge in [-0.3, -0.25) is 14.3 Å². The molecule has 0 unspecified atom stereocenters. The molecule has 0 bridgehead atoms. The summed E-state index contributed by atoms with van der Waals surface area (Å²) >= 11 is 3.33.